The number of benzene rings is 1. The van der Waals surface area contributed by atoms with Crippen molar-refractivity contribution in [3.8, 4) is 5.75 Å². The number of hydrogen-bond donors (Lipinski definition) is 1. The highest BCUT2D eigenvalue weighted by Crippen LogP contribution is 2.29. The van der Waals surface area contributed by atoms with Crippen LogP contribution in [0.4, 0.5) is 4.39 Å². The summed E-state index contributed by atoms with van der Waals surface area (Å²) in [6.45, 7) is 4.53. The van der Waals surface area contributed by atoms with Crippen LogP contribution in [0.5, 0.6) is 5.75 Å². The molecule has 0 radical (unpaired) electrons. The van der Waals surface area contributed by atoms with Crippen LogP contribution in [0.15, 0.2) is 29.4 Å². The number of rotatable bonds is 6. The number of ether oxygens (including phenoxy) is 2. The molecule has 0 aliphatic carbocycles. The molecule has 2 heterocycles. The number of hydrogen-bond acceptors (Lipinski definition) is 3. The lowest BCUT2D eigenvalue weighted by atomic mass is 10.1. The molecule has 1 aliphatic rings. The van der Waals surface area contributed by atoms with Gasteiger partial charge in [0.25, 0.3) is 0 Å². The number of nitrogens with one attached hydrogen (secondary N) is 1. The van der Waals surface area contributed by atoms with E-state index in [2.05, 4.69) is 5.32 Å². The van der Waals surface area contributed by atoms with Gasteiger partial charge in [0, 0.05) is 44.6 Å². The third kappa shape index (κ3) is 6.23. The van der Waals surface area contributed by atoms with E-state index in [1.807, 2.05) is 42.7 Å². The van der Waals surface area contributed by atoms with E-state index in [1.54, 1.807) is 0 Å². The van der Waals surface area contributed by atoms with Gasteiger partial charge in [0.05, 0.1) is 18.2 Å². The van der Waals surface area contributed by atoms with Crippen molar-refractivity contribution in [3.05, 3.63) is 52.1 Å². The van der Waals surface area contributed by atoms with Crippen molar-refractivity contribution in [2.24, 2.45) is 12.0 Å². The van der Waals surface area contributed by atoms with E-state index in [0.29, 0.717) is 31.1 Å². The first-order chi connectivity index (χ1) is 13.5. The molecule has 1 aliphatic heterocycles. The van der Waals surface area contributed by atoms with Crippen LogP contribution in [0.1, 0.15) is 23.7 Å². The molecule has 0 unspecified atom stereocenters. The molecule has 1 aromatic carbocycles. The summed E-state index contributed by atoms with van der Waals surface area (Å²) in [4.78, 5) is 6.74. The van der Waals surface area contributed by atoms with Crippen molar-refractivity contribution in [1.29, 1.82) is 0 Å². The molecule has 3 rings (SSSR count). The zero-order valence-electron chi connectivity index (χ0n) is 16.9. The van der Waals surface area contributed by atoms with Crippen molar-refractivity contribution >= 4 is 41.5 Å². The molecule has 1 aromatic heterocycles. The van der Waals surface area contributed by atoms with E-state index in [9.17, 15) is 4.39 Å². The van der Waals surface area contributed by atoms with Crippen LogP contribution < -0.4 is 10.1 Å². The van der Waals surface area contributed by atoms with Gasteiger partial charge < -0.3 is 24.3 Å². The van der Waals surface area contributed by atoms with Crippen LogP contribution in [0.3, 0.4) is 0 Å². The summed E-state index contributed by atoms with van der Waals surface area (Å²) in [5.74, 6) is 1.23. The van der Waals surface area contributed by atoms with Gasteiger partial charge in [-0.1, -0.05) is 11.6 Å². The quantitative estimate of drug-likeness (QED) is 0.345. The van der Waals surface area contributed by atoms with Crippen molar-refractivity contribution in [2.75, 3.05) is 26.9 Å². The van der Waals surface area contributed by atoms with Crippen LogP contribution in [0.2, 0.25) is 5.02 Å². The maximum atomic E-state index is 13.9. The van der Waals surface area contributed by atoms with Gasteiger partial charge in [0.2, 0.25) is 0 Å². The highest BCUT2D eigenvalue weighted by Gasteiger charge is 2.17. The molecular weight excluding hydrogens is 510 g/mol. The summed E-state index contributed by atoms with van der Waals surface area (Å²) in [6, 6.07) is 4.92. The van der Waals surface area contributed by atoms with Crippen LogP contribution in [0.25, 0.3) is 0 Å². The van der Waals surface area contributed by atoms with Gasteiger partial charge in [-0.2, -0.15) is 0 Å². The van der Waals surface area contributed by atoms with Crippen LogP contribution in [-0.2, 0) is 31.4 Å². The molecule has 9 heteroatoms. The van der Waals surface area contributed by atoms with Crippen molar-refractivity contribution < 1.29 is 13.9 Å². The van der Waals surface area contributed by atoms with Gasteiger partial charge in [0.1, 0.15) is 11.6 Å². The molecule has 0 fully saturated rings. The fourth-order valence-electron chi connectivity index (χ4n) is 3.24. The number of nitrogens with zero attached hydrogens (tertiary/aromatic N) is 3. The van der Waals surface area contributed by atoms with E-state index in [4.69, 9.17) is 26.1 Å². The Morgan fingerprint density at radius 1 is 1.38 bits per heavy atom. The number of halogens is 3. The average Bonchev–Trinajstić information content (AvgIpc) is 2.97. The molecule has 0 bridgehead atoms. The predicted octanol–water partition coefficient (Wildman–Crippen LogP) is 3.94. The number of aryl methyl sites for hydroxylation is 1. The molecule has 0 amide bonds. The second-order valence-corrected chi connectivity index (χ2v) is 7.20. The zero-order valence-corrected chi connectivity index (χ0v) is 20.0. The monoisotopic (exact) mass is 536 g/mol. The maximum Gasteiger partial charge on any atom is 0.194 e. The normalized spacial score (nSPS) is 13.3. The second-order valence-electron chi connectivity index (χ2n) is 6.77. The lowest BCUT2D eigenvalue weighted by Gasteiger charge is -2.23. The Hall–Kier alpha value is -1.52. The van der Waals surface area contributed by atoms with Gasteiger partial charge in [-0.05, 0) is 37.1 Å². The SMILES string of the molecule is CCNC(=NCCc1cc(F)cc2c1OCOC2)N(C)Cc1cc(Cl)cn1C.I. The summed E-state index contributed by atoms with van der Waals surface area (Å²) < 4.78 is 26.7. The molecule has 1 N–H and O–H groups in total. The highest BCUT2D eigenvalue weighted by molar-refractivity contribution is 14.0. The standard InChI is InChI=1S/C20H26ClFN4O2.HI/c1-4-23-20(26(3)11-18-9-16(21)10-25(18)2)24-6-5-14-7-17(22)8-15-12-27-13-28-19(14)15;/h7-10H,4-6,11-13H2,1-3H3,(H,23,24);1H. The van der Waals surface area contributed by atoms with Crippen molar-refractivity contribution in [1.82, 2.24) is 14.8 Å². The maximum absolute atomic E-state index is 13.9. The number of guanidine groups is 1. The molecule has 160 valence electrons. The minimum atomic E-state index is -0.281. The van der Waals surface area contributed by atoms with E-state index in [0.717, 1.165) is 35.1 Å². The van der Waals surface area contributed by atoms with E-state index in [1.165, 1.54) is 12.1 Å². The third-order valence-corrected chi connectivity index (χ3v) is 4.77. The summed E-state index contributed by atoms with van der Waals surface area (Å²) in [5, 5.41) is 4.01. The summed E-state index contributed by atoms with van der Waals surface area (Å²) >= 11 is 6.08. The highest BCUT2D eigenvalue weighted by atomic mass is 127. The van der Waals surface area contributed by atoms with E-state index < -0.39 is 0 Å². The van der Waals surface area contributed by atoms with Gasteiger partial charge >= 0.3 is 0 Å². The van der Waals surface area contributed by atoms with Gasteiger partial charge in [-0.3, -0.25) is 4.99 Å². The van der Waals surface area contributed by atoms with Crippen LogP contribution >= 0.6 is 35.6 Å². The Labute approximate surface area is 193 Å². The molecule has 2 aromatic rings. The Morgan fingerprint density at radius 3 is 2.86 bits per heavy atom. The van der Waals surface area contributed by atoms with Crippen molar-refractivity contribution in [2.45, 2.75) is 26.5 Å². The number of fused-ring (bicyclic) bond motifs is 1. The minimum absolute atomic E-state index is 0. The predicted molar refractivity (Wildman–Crippen MR) is 124 cm³/mol. The fraction of sp³-hybridized carbons (Fsp3) is 0.450. The molecule has 29 heavy (non-hydrogen) atoms. The molecule has 0 saturated carbocycles. The van der Waals surface area contributed by atoms with Crippen LogP contribution in [-0.4, -0.2) is 42.4 Å². The Bertz CT molecular complexity index is 859. The molecule has 0 atom stereocenters. The first kappa shape index (κ1) is 23.8. The topological polar surface area (TPSA) is 51.0 Å². The van der Waals surface area contributed by atoms with Crippen molar-refractivity contribution in [3.63, 3.8) is 0 Å². The molecular formula is C20H27ClFIN4O2. The lowest BCUT2D eigenvalue weighted by Crippen LogP contribution is -2.39. The Morgan fingerprint density at radius 2 is 2.17 bits per heavy atom. The van der Waals surface area contributed by atoms with Crippen LogP contribution in [0, 0.1) is 5.82 Å². The summed E-state index contributed by atoms with van der Waals surface area (Å²) in [6.07, 6.45) is 2.46. The third-order valence-electron chi connectivity index (χ3n) is 4.56. The first-order valence-corrected chi connectivity index (χ1v) is 9.67. The minimum Gasteiger partial charge on any atom is -0.467 e. The number of aliphatic imine (C=N–C) groups is 1. The first-order valence-electron chi connectivity index (χ1n) is 9.30. The lowest BCUT2D eigenvalue weighted by molar-refractivity contribution is -0.0172. The largest absolute Gasteiger partial charge is 0.467 e. The summed E-state index contributed by atoms with van der Waals surface area (Å²) in [5.41, 5.74) is 2.65. The number of aromatic nitrogens is 1. The Kier molecular flexibility index (Phi) is 9.04. The summed E-state index contributed by atoms with van der Waals surface area (Å²) in [7, 11) is 3.95. The average molecular weight is 537 g/mol. The van der Waals surface area contributed by atoms with Gasteiger partial charge in [-0.15, -0.1) is 24.0 Å². The molecule has 0 spiro atoms. The van der Waals surface area contributed by atoms with E-state index >= 15 is 0 Å². The second kappa shape index (κ2) is 11.0. The van der Waals surface area contributed by atoms with Gasteiger partial charge in [0.15, 0.2) is 12.8 Å². The van der Waals surface area contributed by atoms with E-state index in [-0.39, 0.29) is 36.6 Å². The zero-order chi connectivity index (χ0) is 20.1. The smallest absolute Gasteiger partial charge is 0.194 e. The molecule has 0 saturated heterocycles. The fourth-order valence-corrected chi connectivity index (χ4v) is 3.51. The van der Waals surface area contributed by atoms with Gasteiger partial charge in [-0.25, -0.2) is 4.39 Å². The molecule has 6 nitrogen and oxygen atoms in total. The Balaban J connectivity index is 0.00000300.